The molecule has 0 aromatic carbocycles. The van der Waals surface area contributed by atoms with E-state index >= 15 is 0 Å². The molecule has 0 radical (unpaired) electrons. The lowest BCUT2D eigenvalue weighted by Gasteiger charge is -2.05. The lowest BCUT2D eigenvalue weighted by atomic mass is 10.1. The maximum Gasteiger partial charge on any atom is 0.220 e. The fourth-order valence-electron chi connectivity index (χ4n) is 2.95. The molecule has 0 spiro atoms. The van der Waals surface area contributed by atoms with Gasteiger partial charge in [-0.25, -0.2) is 9.97 Å². The zero-order chi connectivity index (χ0) is 15.6. The lowest BCUT2D eigenvalue weighted by molar-refractivity contribution is 0.538. The fraction of sp³-hybridized carbons (Fsp3) is 0.667. The highest BCUT2D eigenvalue weighted by atomic mass is 15.0. The van der Waals surface area contributed by atoms with Crippen LogP contribution in [0.3, 0.4) is 0 Å². The van der Waals surface area contributed by atoms with Crippen molar-refractivity contribution in [2.24, 2.45) is 0 Å². The SMILES string of the molecule is CCCCCCCCCCCCn1ccc2nc(N)ncc21. The molecule has 0 aliphatic rings. The van der Waals surface area contributed by atoms with Crippen molar-refractivity contribution >= 4 is 17.0 Å². The van der Waals surface area contributed by atoms with Gasteiger partial charge in [-0.2, -0.15) is 0 Å². The van der Waals surface area contributed by atoms with E-state index < -0.39 is 0 Å². The van der Waals surface area contributed by atoms with Gasteiger partial charge in [0.15, 0.2) is 0 Å². The number of rotatable bonds is 11. The zero-order valence-corrected chi connectivity index (χ0v) is 13.9. The number of fused-ring (bicyclic) bond motifs is 1. The first-order valence-electron chi connectivity index (χ1n) is 8.88. The molecule has 0 fully saturated rings. The Hall–Kier alpha value is -1.58. The second kappa shape index (κ2) is 9.44. The van der Waals surface area contributed by atoms with Gasteiger partial charge >= 0.3 is 0 Å². The average Bonchev–Trinajstić information content (AvgIpc) is 2.91. The maximum absolute atomic E-state index is 5.61. The van der Waals surface area contributed by atoms with Crippen molar-refractivity contribution in [3.8, 4) is 0 Å². The van der Waals surface area contributed by atoms with Crippen molar-refractivity contribution in [3.63, 3.8) is 0 Å². The monoisotopic (exact) mass is 302 g/mol. The molecule has 4 heteroatoms. The van der Waals surface area contributed by atoms with Crippen LogP contribution in [-0.4, -0.2) is 14.5 Å². The summed E-state index contributed by atoms with van der Waals surface area (Å²) in [5.41, 5.74) is 7.64. The molecular weight excluding hydrogens is 272 g/mol. The van der Waals surface area contributed by atoms with Gasteiger partial charge in [-0.15, -0.1) is 0 Å². The number of aromatic nitrogens is 3. The number of aryl methyl sites for hydroxylation is 1. The third-order valence-electron chi connectivity index (χ3n) is 4.29. The summed E-state index contributed by atoms with van der Waals surface area (Å²) in [6, 6.07) is 2.02. The minimum atomic E-state index is 0.351. The number of hydrogen-bond acceptors (Lipinski definition) is 3. The van der Waals surface area contributed by atoms with Crippen molar-refractivity contribution in [1.29, 1.82) is 0 Å². The highest BCUT2D eigenvalue weighted by Crippen LogP contribution is 2.15. The van der Waals surface area contributed by atoms with E-state index in [2.05, 4.69) is 27.7 Å². The largest absolute Gasteiger partial charge is 0.368 e. The van der Waals surface area contributed by atoms with Gasteiger partial charge in [-0.05, 0) is 12.5 Å². The summed E-state index contributed by atoms with van der Waals surface area (Å²) in [6.45, 7) is 3.32. The summed E-state index contributed by atoms with van der Waals surface area (Å²) < 4.78 is 2.24. The molecule has 122 valence electrons. The molecule has 0 unspecified atom stereocenters. The summed E-state index contributed by atoms with van der Waals surface area (Å²) in [4.78, 5) is 8.33. The van der Waals surface area contributed by atoms with Gasteiger partial charge < -0.3 is 10.3 Å². The molecule has 0 aliphatic heterocycles. The lowest BCUT2D eigenvalue weighted by Crippen LogP contribution is -1.98. The zero-order valence-electron chi connectivity index (χ0n) is 13.9. The third-order valence-corrected chi connectivity index (χ3v) is 4.29. The van der Waals surface area contributed by atoms with Gasteiger partial charge in [0.2, 0.25) is 5.95 Å². The smallest absolute Gasteiger partial charge is 0.220 e. The molecule has 2 rings (SSSR count). The minimum absolute atomic E-state index is 0.351. The van der Waals surface area contributed by atoms with Crippen LogP contribution in [0.25, 0.3) is 11.0 Å². The molecule has 2 N–H and O–H groups in total. The maximum atomic E-state index is 5.61. The Morgan fingerprint density at radius 2 is 1.59 bits per heavy atom. The van der Waals surface area contributed by atoms with E-state index in [0.29, 0.717) is 5.95 Å². The van der Waals surface area contributed by atoms with Crippen LogP contribution >= 0.6 is 0 Å². The molecule has 2 aromatic rings. The van der Waals surface area contributed by atoms with E-state index in [1.54, 1.807) is 0 Å². The Morgan fingerprint density at radius 1 is 0.955 bits per heavy atom. The summed E-state index contributed by atoms with van der Waals surface area (Å²) in [6.07, 6.45) is 17.6. The van der Waals surface area contributed by atoms with Crippen LogP contribution in [0.4, 0.5) is 5.95 Å². The Balaban J connectivity index is 1.57. The molecule has 0 saturated carbocycles. The normalized spacial score (nSPS) is 11.3. The first kappa shape index (κ1) is 16.8. The van der Waals surface area contributed by atoms with Crippen LogP contribution in [0.1, 0.15) is 71.1 Å². The topological polar surface area (TPSA) is 56.7 Å². The first-order valence-corrected chi connectivity index (χ1v) is 8.88. The number of unbranched alkanes of at least 4 members (excludes halogenated alkanes) is 9. The summed E-state index contributed by atoms with van der Waals surface area (Å²) in [5, 5.41) is 0. The standard InChI is InChI=1S/C18H30N4/c1-2-3-4-5-6-7-8-9-10-11-13-22-14-12-16-17(22)15-20-18(19)21-16/h12,14-15H,2-11,13H2,1H3,(H2,19,20,21). The Bertz CT molecular complexity index is 547. The Labute approximate surface area is 134 Å². The van der Waals surface area contributed by atoms with E-state index in [1.165, 1.54) is 64.2 Å². The van der Waals surface area contributed by atoms with Gasteiger partial charge in [0.25, 0.3) is 0 Å². The van der Waals surface area contributed by atoms with Crippen molar-refractivity contribution in [2.45, 2.75) is 77.7 Å². The molecule has 0 atom stereocenters. The van der Waals surface area contributed by atoms with Crippen LogP contribution < -0.4 is 5.73 Å². The van der Waals surface area contributed by atoms with Gasteiger partial charge in [-0.3, -0.25) is 0 Å². The van der Waals surface area contributed by atoms with E-state index in [-0.39, 0.29) is 0 Å². The molecule has 4 nitrogen and oxygen atoms in total. The van der Waals surface area contributed by atoms with Crippen LogP contribution in [0.2, 0.25) is 0 Å². The summed E-state index contributed by atoms with van der Waals surface area (Å²) >= 11 is 0. The van der Waals surface area contributed by atoms with Crippen LogP contribution in [0.15, 0.2) is 18.5 Å². The molecule has 0 aliphatic carbocycles. The van der Waals surface area contributed by atoms with Crippen LogP contribution in [0, 0.1) is 0 Å². The molecule has 2 aromatic heterocycles. The van der Waals surface area contributed by atoms with Gasteiger partial charge in [0.05, 0.1) is 17.2 Å². The van der Waals surface area contributed by atoms with Crippen molar-refractivity contribution in [2.75, 3.05) is 5.73 Å². The second-order valence-corrected chi connectivity index (χ2v) is 6.19. The summed E-state index contributed by atoms with van der Waals surface area (Å²) in [7, 11) is 0. The molecule has 22 heavy (non-hydrogen) atoms. The molecule has 0 amide bonds. The van der Waals surface area contributed by atoms with Gasteiger partial charge in [-0.1, -0.05) is 64.7 Å². The predicted molar refractivity (Wildman–Crippen MR) is 93.8 cm³/mol. The second-order valence-electron chi connectivity index (χ2n) is 6.19. The Kier molecular flexibility index (Phi) is 7.20. The van der Waals surface area contributed by atoms with Crippen LogP contribution in [-0.2, 0) is 6.54 Å². The number of nitrogens with zero attached hydrogens (tertiary/aromatic N) is 3. The van der Waals surface area contributed by atoms with E-state index in [4.69, 9.17) is 5.73 Å². The number of anilines is 1. The Morgan fingerprint density at radius 3 is 2.27 bits per heavy atom. The quantitative estimate of drug-likeness (QED) is 0.598. The van der Waals surface area contributed by atoms with Gasteiger partial charge in [0.1, 0.15) is 0 Å². The number of nitrogen functional groups attached to an aromatic ring is 1. The predicted octanol–water partition coefficient (Wildman–Crippen LogP) is 4.93. The number of nitrogens with two attached hydrogens (primary N) is 1. The van der Waals surface area contributed by atoms with Crippen molar-refractivity contribution in [1.82, 2.24) is 14.5 Å². The minimum Gasteiger partial charge on any atom is -0.368 e. The van der Waals surface area contributed by atoms with Crippen molar-refractivity contribution < 1.29 is 0 Å². The molecule has 0 bridgehead atoms. The number of hydrogen-bond donors (Lipinski definition) is 1. The van der Waals surface area contributed by atoms with Crippen LogP contribution in [0.5, 0.6) is 0 Å². The van der Waals surface area contributed by atoms with E-state index in [9.17, 15) is 0 Å². The first-order chi connectivity index (χ1) is 10.8. The van der Waals surface area contributed by atoms with Gasteiger partial charge in [0, 0.05) is 12.7 Å². The molecule has 2 heterocycles. The molecular formula is C18H30N4. The fourth-order valence-corrected chi connectivity index (χ4v) is 2.95. The van der Waals surface area contributed by atoms with E-state index in [1.807, 2.05) is 12.3 Å². The van der Waals surface area contributed by atoms with E-state index in [0.717, 1.165) is 17.6 Å². The highest BCUT2D eigenvalue weighted by Gasteiger charge is 2.03. The average molecular weight is 302 g/mol. The summed E-state index contributed by atoms with van der Waals surface area (Å²) in [5.74, 6) is 0.351. The molecule has 0 saturated heterocycles. The van der Waals surface area contributed by atoms with Crippen molar-refractivity contribution in [3.05, 3.63) is 18.5 Å². The highest BCUT2D eigenvalue weighted by molar-refractivity contribution is 5.75. The third kappa shape index (κ3) is 5.32.